The van der Waals surface area contributed by atoms with E-state index >= 15 is 0 Å². The molecule has 3 N–H and O–H groups in total. The molecule has 0 aromatic carbocycles. The van der Waals surface area contributed by atoms with Gasteiger partial charge in [0.25, 0.3) is 0 Å². The van der Waals surface area contributed by atoms with Gasteiger partial charge in [0.1, 0.15) is 12.3 Å². The van der Waals surface area contributed by atoms with Crippen molar-refractivity contribution in [3.63, 3.8) is 0 Å². The van der Waals surface area contributed by atoms with Crippen LogP contribution in [0.5, 0.6) is 0 Å². The Bertz CT molecular complexity index is 294. The smallest absolute Gasteiger partial charge is 0.243 e. The third-order valence-corrected chi connectivity index (χ3v) is 1.85. The van der Waals surface area contributed by atoms with Crippen LogP contribution in [0.3, 0.4) is 0 Å². The summed E-state index contributed by atoms with van der Waals surface area (Å²) >= 11 is 0. The Morgan fingerprint density at radius 2 is 2.13 bits per heavy atom. The lowest BCUT2D eigenvalue weighted by Gasteiger charge is -2.25. The fourth-order valence-electron chi connectivity index (χ4n) is 1.03. The molecule has 1 fully saturated rings. The highest BCUT2D eigenvalue weighted by Gasteiger charge is 2.31. The topological polar surface area (TPSA) is 104 Å². The first kappa shape index (κ1) is 11.2. The maximum Gasteiger partial charge on any atom is 0.243 e. The molecule has 0 spiro atoms. The van der Waals surface area contributed by atoms with Crippen LogP contribution >= 0.6 is 0 Å². The molecule has 1 aliphatic rings. The maximum absolute atomic E-state index is 11.2. The highest BCUT2D eigenvalue weighted by molar-refractivity contribution is 5.98. The zero-order valence-corrected chi connectivity index (χ0v) is 7.91. The predicted molar refractivity (Wildman–Crippen MR) is 48.6 cm³/mol. The Hall–Kier alpha value is -1.92. The van der Waals surface area contributed by atoms with E-state index in [9.17, 15) is 19.2 Å². The molecule has 0 aromatic rings. The molecule has 82 valence electrons. The summed E-state index contributed by atoms with van der Waals surface area (Å²) in [6, 6.07) is -0.531. The van der Waals surface area contributed by atoms with E-state index in [1.165, 1.54) is 0 Å². The summed E-state index contributed by atoms with van der Waals surface area (Å²) in [5.41, 5.74) is 0. The molecule has 0 saturated carbocycles. The van der Waals surface area contributed by atoms with Gasteiger partial charge in [0.05, 0.1) is 19.5 Å². The molecule has 1 rings (SSSR count). The molecule has 7 nitrogen and oxygen atoms in total. The largest absolute Gasteiger partial charge is 0.348 e. The van der Waals surface area contributed by atoms with Gasteiger partial charge in [-0.2, -0.15) is 0 Å². The summed E-state index contributed by atoms with van der Waals surface area (Å²) in [6.45, 7) is -0.270. The van der Waals surface area contributed by atoms with Crippen LogP contribution in [0.2, 0.25) is 0 Å². The number of rotatable bonds is 5. The van der Waals surface area contributed by atoms with E-state index in [1.807, 2.05) is 0 Å². The molecule has 1 unspecified atom stereocenters. The third-order valence-electron chi connectivity index (χ3n) is 1.85. The Labute approximate surface area is 85.6 Å². The minimum atomic E-state index is -0.531. The minimum Gasteiger partial charge on any atom is -0.348 e. The van der Waals surface area contributed by atoms with Gasteiger partial charge in [0.15, 0.2) is 0 Å². The van der Waals surface area contributed by atoms with Crippen LogP contribution in [0.15, 0.2) is 0 Å². The number of amides is 3. The lowest BCUT2D eigenvalue weighted by molar-refractivity contribution is -0.137. The van der Waals surface area contributed by atoms with E-state index in [1.54, 1.807) is 0 Å². The van der Waals surface area contributed by atoms with Crippen molar-refractivity contribution in [2.75, 3.05) is 13.1 Å². The van der Waals surface area contributed by atoms with Crippen LogP contribution in [0.4, 0.5) is 0 Å². The summed E-state index contributed by atoms with van der Waals surface area (Å²) < 4.78 is 0. The summed E-state index contributed by atoms with van der Waals surface area (Å²) in [6.07, 6.45) is 0.702. The van der Waals surface area contributed by atoms with E-state index in [0.29, 0.717) is 6.29 Å². The predicted octanol–water partition coefficient (Wildman–Crippen LogP) is -2.69. The number of hydrogen-bond donors (Lipinski definition) is 3. The normalized spacial score (nSPS) is 18.4. The third kappa shape index (κ3) is 3.37. The molecular weight excluding hydrogens is 202 g/mol. The Balaban J connectivity index is 2.13. The number of β-lactam (4-membered cyclic amide) rings is 1. The minimum absolute atomic E-state index is 0.0745. The Morgan fingerprint density at radius 1 is 1.47 bits per heavy atom. The van der Waals surface area contributed by atoms with E-state index in [0.717, 1.165) is 0 Å². The van der Waals surface area contributed by atoms with E-state index in [2.05, 4.69) is 16.0 Å². The summed E-state index contributed by atoms with van der Waals surface area (Å²) in [5, 5.41) is 6.97. The molecule has 0 radical (unpaired) electrons. The van der Waals surface area contributed by atoms with E-state index in [-0.39, 0.29) is 25.4 Å². The van der Waals surface area contributed by atoms with Crippen LogP contribution in [-0.4, -0.2) is 43.1 Å². The van der Waals surface area contributed by atoms with Crippen molar-refractivity contribution in [1.29, 1.82) is 0 Å². The quantitative estimate of drug-likeness (QED) is 0.341. The summed E-state index contributed by atoms with van der Waals surface area (Å²) in [5.74, 6) is -1.02. The van der Waals surface area contributed by atoms with Gasteiger partial charge >= 0.3 is 0 Å². The van der Waals surface area contributed by atoms with Crippen LogP contribution < -0.4 is 16.0 Å². The monoisotopic (exact) mass is 213 g/mol. The van der Waals surface area contributed by atoms with Gasteiger partial charge in [-0.15, -0.1) is 0 Å². The average molecular weight is 213 g/mol. The lowest BCUT2D eigenvalue weighted by Crippen LogP contribution is -2.57. The Morgan fingerprint density at radius 3 is 2.67 bits per heavy atom. The summed E-state index contributed by atoms with van der Waals surface area (Å²) in [7, 11) is 0. The van der Waals surface area contributed by atoms with Crippen molar-refractivity contribution in [3.05, 3.63) is 0 Å². The molecule has 7 heteroatoms. The highest BCUT2D eigenvalue weighted by Crippen LogP contribution is 2.02. The molecule has 0 aromatic heterocycles. The number of carbonyl (C=O) groups is 4. The van der Waals surface area contributed by atoms with Crippen LogP contribution in [0.1, 0.15) is 6.42 Å². The van der Waals surface area contributed by atoms with E-state index < -0.39 is 17.9 Å². The fourth-order valence-corrected chi connectivity index (χ4v) is 1.03. The Kier molecular flexibility index (Phi) is 3.78. The first-order valence-corrected chi connectivity index (χ1v) is 4.41. The van der Waals surface area contributed by atoms with Gasteiger partial charge in [-0.05, 0) is 0 Å². The number of hydrogen-bond acceptors (Lipinski definition) is 4. The molecule has 1 heterocycles. The molecule has 1 atom stereocenters. The van der Waals surface area contributed by atoms with Gasteiger partial charge in [0, 0.05) is 0 Å². The van der Waals surface area contributed by atoms with Gasteiger partial charge in [0.2, 0.25) is 17.7 Å². The van der Waals surface area contributed by atoms with Crippen LogP contribution in [-0.2, 0) is 19.2 Å². The average Bonchev–Trinajstić information content (AvgIpc) is 2.18. The molecular formula is C8H11N3O4. The van der Waals surface area contributed by atoms with E-state index in [4.69, 9.17) is 0 Å². The number of aldehydes is 1. The molecule has 0 aliphatic carbocycles. The van der Waals surface area contributed by atoms with Gasteiger partial charge in [-0.25, -0.2) is 0 Å². The first-order chi connectivity index (χ1) is 7.13. The van der Waals surface area contributed by atoms with Crippen molar-refractivity contribution in [3.8, 4) is 0 Å². The van der Waals surface area contributed by atoms with Crippen molar-refractivity contribution in [1.82, 2.24) is 16.0 Å². The van der Waals surface area contributed by atoms with Crippen molar-refractivity contribution in [2.24, 2.45) is 0 Å². The second kappa shape index (κ2) is 5.08. The maximum atomic E-state index is 11.2. The van der Waals surface area contributed by atoms with Crippen molar-refractivity contribution >= 4 is 24.0 Å². The zero-order chi connectivity index (χ0) is 11.3. The second-order valence-corrected chi connectivity index (χ2v) is 3.01. The number of nitrogens with one attached hydrogen (secondary N) is 3. The number of carbonyl (C=O) groups excluding carboxylic acids is 4. The molecule has 1 saturated heterocycles. The molecule has 0 bridgehead atoms. The zero-order valence-electron chi connectivity index (χ0n) is 7.91. The molecule has 15 heavy (non-hydrogen) atoms. The molecule has 3 amide bonds. The first-order valence-electron chi connectivity index (χ1n) is 4.41. The molecule has 1 aliphatic heterocycles. The van der Waals surface area contributed by atoms with Gasteiger partial charge in [-0.1, -0.05) is 0 Å². The fraction of sp³-hybridized carbons (Fsp3) is 0.500. The second-order valence-electron chi connectivity index (χ2n) is 3.01. The SMILES string of the molecule is O=CCNC(=O)CNC(=O)C1CC(=O)N1. The lowest BCUT2D eigenvalue weighted by atomic mass is 10.1. The van der Waals surface area contributed by atoms with Crippen molar-refractivity contribution in [2.45, 2.75) is 12.5 Å². The van der Waals surface area contributed by atoms with Crippen LogP contribution in [0.25, 0.3) is 0 Å². The van der Waals surface area contributed by atoms with Gasteiger partial charge in [-0.3, -0.25) is 14.4 Å². The van der Waals surface area contributed by atoms with Crippen molar-refractivity contribution < 1.29 is 19.2 Å². The van der Waals surface area contributed by atoms with Crippen LogP contribution in [0, 0.1) is 0 Å². The standard InChI is InChI=1S/C8H11N3O4/c12-2-1-9-7(14)4-10-8(15)5-3-6(13)11-5/h2,5H,1,3-4H2,(H,9,14)(H,10,15)(H,11,13). The highest BCUT2D eigenvalue weighted by atomic mass is 16.2. The summed E-state index contributed by atoms with van der Waals surface area (Å²) in [4.78, 5) is 42.5. The van der Waals surface area contributed by atoms with Gasteiger partial charge < -0.3 is 20.7 Å².